The van der Waals surface area contributed by atoms with Gasteiger partial charge in [0.2, 0.25) is 0 Å². The maximum absolute atomic E-state index is 13.6. The minimum Gasteiger partial charge on any atom is -0.497 e. The highest BCUT2D eigenvalue weighted by atomic mass is 35.5. The second-order valence-corrected chi connectivity index (χ2v) is 9.76. The molecule has 3 rings (SSSR count). The van der Waals surface area contributed by atoms with Crippen molar-refractivity contribution in [1.29, 1.82) is 0 Å². The Balaban J connectivity index is 1.90. The van der Waals surface area contributed by atoms with Crippen LogP contribution in [-0.4, -0.2) is 67.0 Å². The quantitative estimate of drug-likeness (QED) is 0.579. The molecule has 0 aliphatic carbocycles. The average molecular weight is 501 g/mol. The molecule has 0 fully saturated rings. The topological polar surface area (TPSA) is 83.5 Å². The van der Waals surface area contributed by atoms with E-state index in [1.165, 1.54) is 9.91 Å². The van der Waals surface area contributed by atoms with Gasteiger partial charge in [-0.3, -0.25) is 4.79 Å². The van der Waals surface area contributed by atoms with Gasteiger partial charge in [0.05, 0.1) is 25.5 Å². The molecule has 2 aromatic rings. The Hall–Kier alpha value is -3.10. The van der Waals surface area contributed by atoms with E-state index in [9.17, 15) is 9.59 Å². The third-order valence-corrected chi connectivity index (χ3v) is 5.84. The predicted octanol–water partition coefficient (Wildman–Crippen LogP) is 4.48. The number of nitrogens with one attached hydrogen (secondary N) is 1. The fourth-order valence-corrected chi connectivity index (χ4v) is 4.02. The third kappa shape index (κ3) is 6.96. The van der Waals surface area contributed by atoms with Crippen LogP contribution < -0.4 is 10.1 Å². The lowest BCUT2D eigenvalue weighted by molar-refractivity contribution is -0.133. The number of carbonyl (C=O) groups excluding carboxylic acids is 2. The summed E-state index contributed by atoms with van der Waals surface area (Å²) in [6, 6.07) is 14.3. The highest BCUT2D eigenvalue weighted by molar-refractivity contribution is 6.34. The van der Waals surface area contributed by atoms with Crippen molar-refractivity contribution in [2.75, 3.05) is 33.9 Å². The van der Waals surface area contributed by atoms with Gasteiger partial charge in [-0.05, 0) is 44.5 Å². The van der Waals surface area contributed by atoms with Gasteiger partial charge in [0.1, 0.15) is 12.3 Å². The molecule has 0 aromatic heterocycles. The molecule has 1 aliphatic rings. The van der Waals surface area contributed by atoms with E-state index in [2.05, 4.69) is 10.4 Å². The first-order chi connectivity index (χ1) is 16.6. The summed E-state index contributed by atoms with van der Waals surface area (Å²) in [7, 11) is 3.16. The van der Waals surface area contributed by atoms with Crippen LogP contribution in [0.4, 0.5) is 4.79 Å². The molecule has 0 spiro atoms. The maximum atomic E-state index is 13.6. The van der Waals surface area contributed by atoms with Gasteiger partial charge in [-0.1, -0.05) is 41.9 Å². The summed E-state index contributed by atoms with van der Waals surface area (Å²) >= 11 is 6.43. The van der Waals surface area contributed by atoms with Crippen LogP contribution >= 0.6 is 11.6 Å². The number of benzene rings is 2. The summed E-state index contributed by atoms with van der Waals surface area (Å²) in [5, 5.41) is 9.63. The van der Waals surface area contributed by atoms with E-state index in [-0.39, 0.29) is 31.1 Å². The molecule has 3 amide bonds. The molecule has 9 heteroatoms. The zero-order valence-corrected chi connectivity index (χ0v) is 21.6. The number of urea groups is 1. The maximum Gasteiger partial charge on any atom is 0.318 e. The molecule has 8 nitrogen and oxygen atoms in total. The van der Waals surface area contributed by atoms with Crippen LogP contribution in [0.25, 0.3) is 0 Å². The molecule has 1 heterocycles. The van der Waals surface area contributed by atoms with Crippen molar-refractivity contribution in [3.63, 3.8) is 0 Å². The Morgan fingerprint density at radius 1 is 1.14 bits per heavy atom. The fraction of sp³-hybridized carbons (Fsp3) is 0.423. The van der Waals surface area contributed by atoms with E-state index >= 15 is 0 Å². The number of hydrogen-bond acceptors (Lipinski definition) is 5. The second-order valence-electron chi connectivity index (χ2n) is 9.35. The van der Waals surface area contributed by atoms with E-state index in [4.69, 9.17) is 21.1 Å². The van der Waals surface area contributed by atoms with Gasteiger partial charge in [-0.2, -0.15) is 5.10 Å². The van der Waals surface area contributed by atoms with Crippen LogP contribution in [0.5, 0.6) is 5.75 Å². The number of hydrogen-bond donors (Lipinski definition) is 1. The Labute approximate surface area is 211 Å². The van der Waals surface area contributed by atoms with E-state index in [1.54, 1.807) is 20.3 Å². The van der Waals surface area contributed by atoms with Crippen molar-refractivity contribution in [1.82, 2.24) is 15.2 Å². The summed E-state index contributed by atoms with van der Waals surface area (Å²) in [6.45, 7) is 6.11. The lowest BCUT2D eigenvalue weighted by Gasteiger charge is -2.30. The van der Waals surface area contributed by atoms with Crippen molar-refractivity contribution in [2.45, 2.75) is 38.8 Å². The first kappa shape index (κ1) is 26.5. The number of nitrogens with zero attached hydrogens (tertiary/aromatic N) is 3. The van der Waals surface area contributed by atoms with E-state index in [0.29, 0.717) is 23.8 Å². The Bertz CT molecular complexity index is 1070. The number of halogens is 1. The minimum atomic E-state index is -0.444. The molecule has 2 aromatic carbocycles. The van der Waals surface area contributed by atoms with Gasteiger partial charge >= 0.3 is 6.03 Å². The van der Waals surface area contributed by atoms with Crippen molar-refractivity contribution < 1.29 is 19.1 Å². The number of methoxy groups -OCH3 is 2. The van der Waals surface area contributed by atoms with Crippen LogP contribution in [0.2, 0.25) is 5.02 Å². The van der Waals surface area contributed by atoms with Crippen molar-refractivity contribution in [3.05, 3.63) is 64.7 Å². The first-order valence-corrected chi connectivity index (χ1v) is 11.8. The molecule has 1 aliphatic heterocycles. The van der Waals surface area contributed by atoms with Crippen molar-refractivity contribution in [2.24, 2.45) is 5.10 Å². The molecule has 35 heavy (non-hydrogen) atoms. The van der Waals surface area contributed by atoms with E-state index < -0.39 is 5.54 Å². The third-order valence-electron chi connectivity index (χ3n) is 5.51. The number of hydrazone groups is 1. The van der Waals surface area contributed by atoms with Gasteiger partial charge in [0.15, 0.2) is 0 Å². The van der Waals surface area contributed by atoms with E-state index in [0.717, 1.165) is 16.9 Å². The number of amides is 3. The van der Waals surface area contributed by atoms with Crippen LogP contribution in [0, 0.1) is 0 Å². The lowest BCUT2D eigenvalue weighted by Crippen LogP contribution is -2.52. The molecule has 0 bridgehead atoms. The molecule has 0 unspecified atom stereocenters. The van der Waals surface area contributed by atoms with Crippen molar-refractivity contribution >= 4 is 29.3 Å². The SMILES string of the molecule is COCCN(CC(=O)N1N=C(c2ccccc2Cl)C[C@H]1c1ccc(OC)cc1)C(=O)NC(C)(C)C. The summed E-state index contributed by atoms with van der Waals surface area (Å²) in [4.78, 5) is 27.9. The summed E-state index contributed by atoms with van der Waals surface area (Å²) in [5.41, 5.74) is 1.96. The average Bonchev–Trinajstić information content (AvgIpc) is 3.26. The van der Waals surface area contributed by atoms with Gasteiger partial charge in [-0.25, -0.2) is 9.80 Å². The van der Waals surface area contributed by atoms with Gasteiger partial charge in [-0.15, -0.1) is 0 Å². The fourth-order valence-electron chi connectivity index (χ4n) is 3.77. The van der Waals surface area contributed by atoms with Gasteiger partial charge in [0.25, 0.3) is 5.91 Å². The molecular formula is C26H33ClN4O4. The summed E-state index contributed by atoms with van der Waals surface area (Å²) in [5.74, 6) is 0.425. The molecule has 1 atom stereocenters. The molecule has 0 saturated heterocycles. The summed E-state index contributed by atoms with van der Waals surface area (Å²) in [6.07, 6.45) is 0.494. The zero-order chi connectivity index (χ0) is 25.6. The molecular weight excluding hydrogens is 468 g/mol. The normalized spacial score (nSPS) is 15.5. The highest BCUT2D eigenvalue weighted by Gasteiger charge is 2.35. The van der Waals surface area contributed by atoms with Crippen LogP contribution in [-0.2, 0) is 9.53 Å². The Kier molecular flexibility index (Phi) is 8.75. The standard InChI is InChI=1S/C26H33ClN4O4/c1-26(2,3)28-25(33)30(14-15-34-4)17-24(32)31-23(18-10-12-19(35-5)13-11-18)16-22(29-31)20-8-6-7-9-21(20)27/h6-13,23H,14-17H2,1-5H3,(H,28,33)/t23-/m0/s1. The zero-order valence-electron chi connectivity index (χ0n) is 20.9. The predicted molar refractivity (Wildman–Crippen MR) is 137 cm³/mol. The Morgan fingerprint density at radius 2 is 1.83 bits per heavy atom. The van der Waals surface area contributed by atoms with Crippen LogP contribution in [0.3, 0.4) is 0 Å². The van der Waals surface area contributed by atoms with Gasteiger partial charge < -0.3 is 19.7 Å². The van der Waals surface area contributed by atoms with E-state index in [1.807, 2.05) is 63.2 Å². The lowest BCUT2D eigenvalue weighted by atomic mass is 9.98. The largest absolute Gasteiger partial charge is 0.497 e. The highest BCUT2D eigenvalue weighted by Crippen LogP contribution is 2.35. The van der Waals surface area contributed by atoms with Crippen LogP contribution in [0.1, 0.15) is 44.4 Å². The van der Waals surface area contributed by atoms with Gasteiger partial charge in [0, 0.05) is 36.2 Å². The minimum absolute atomic E-state index is 0.142. The Morgan fingerprint density at radius 3 is 2.43 bits per heavy atom. The number of ether oxygens (including phenoxy) is 2. The smallest absolute Gasteiger partial charge is 0.318 e. The monoisotopic (exact) mass is 500 g/mol. The number of rotatable bonds is 8. The molecule has 188 valence electrons. The molecule has 0 saturated carbocycles. The number of carbonyl (C=O) groups is 2. The van der Waals surface area contributed by atoms with Crippen molar-refractivity contribution in [3.8, 4) is 5.75 Å². The second kappa shape index (κ2) is 11.6. The molecule has 0 radical (unpaired) electrons. The molecule has 1 N–H and O–H groups in total. The van der Waals surface area contributed by atoms with Crippen LogP contribution in [0.15, 0.2) is 53.6 Å². The first-order valence-electron chi connectivity index (χ1n) is 11.5. The summed E-state index contributed by atoms with van der Waals surface area (Å²) < 4.78 is 10.4.